The molecule has 1 aliphatic rings. The van der Waals surface area contributed by atoms with Crippen molar-refractivity contribution in [3.63, 3.8) is 0 Å². The van der Waals surface area contributed by atoms with E-state index in [1.54, 1.807) is 18.2 Å². The van der Waals surface area contributed by atoms with Gasteiger partial charge in [0.05, 0.1) is 24.7 Å². The molecule has 0 saturated carbocycles. The number of hydrogen-bond donors (Lipinski definition) is 0. The van der Waals surface area contributed by atoms with Gasteiger partial charge < -0.3 is 9.47 Å². The second-order valence-corrected chi connectivity index (χ2v) is 4.27. The second kappa shape index (κ2) is 5.15. The predicted octanol–water partition coefficient (Wildman–Crippen LogP) is 2.94. The van der Waals surface area contributed by atoms with Gasteiger partial charge in [0.2, 0.25) is 0 Å². The third-order valence-electron chi connectivity index (χ3n) is 2.27. The molecule has 3 nitrogen and oxygen atoms in total. The van der Waals surface area contributed by atoms with Gasteiger partial charge in [-0.3, -0.25) is 4.79 Å². The molecule has 0 N–H and O–H groups in total. The average molecular weight is 261 g/mol. The fourth-order valence-corrected chi connectivity index (χ4v) is 2.02. The molecule has 0 aliphatic carbocycles. The van der Waals surface area contributed by atoms with Crippen LogP contribution in [0.15, 0.2) is 18.2 Å². The van der Waals surface area contributed by atoms with E-state index in [0.29, 0.717) is 28.8 Å². The molecule has 0 atom stereocenters. The van der Waals surface area contributed by atoms with Gasteiger partial charge in [0.1, 0.15) is 0 Å². The van der Waals surface area contributed by atoms with Crippen molar-refractivity contribution in [1.82, 2.24) is 0 Å². The van der Waals surface area contributed by atoms with Crippen molar-refractivity contribution in [3.05, 3.63) is 33.8 Å². The van der Waals surface area contributed by atoms with Crippen LogP contribution in [0, 0.1) is 0 Å². The number of Topliss-reactive ketones (excluding diaryl/α,β-unsaturated/α-hetero) is 1. The first-order valence-corrected chi connectivity index (χ1v) is 5.64. The number of ether oxygens (including phenoxy) is 2. The van der Waals surface area contributed by atoms with E-state index < -0.39 is 6.29 Å². The summed E-state index contributed by atoms with van der Waals surface area (Å²) in [6.07, 6.45) is -0.263. The molecule has 1 aromatic carbocycles. The Morgan fingerprint density at radius 2 is 2.00 bits per heavy atom. The Bertz CT molecular complexity index is 400. The van der Waals surface area contributed by atoms with Gasteiger partial charge in [-0.15, -0.1) is 0 Å². The maximum atomic E-state index is 11.8. The van der Waals surface area contributed by atoms with Crippen molar-refractivity contribution < 1.29 is 14.3 Å². The Morgan fingerprint density at radius 1 is 1.31 bits per heavy atom. The van der Waals surface area contributed by atoms with Gasteiger partial charge in [0.15, 0.2) is 12.1 Å². The molecule has 16 heavy (non-hydrogen) atoms. The van der Waals surface area contributed by atoms with Gasteiger partial charge >= 0.3 is 0 Å². The van der Waals surface area contributed by atoms with Crippen molar-refractivity contribution in [3.8, 4) is 0 Å². The quantitative estimate of drug-likeness (QED) is 0.785. The van der Waals surface area contributed by atoms with Crippen LogP contribution >= 0.6 is 23.2 Å². The predicted molar refractivity (Wildman–Crippen MR) is 61.1 cm³/mol. The number of benzene rings is 1. The summed E-state index contributed by atoms with van der Waals surface area (Å²) in [5, 5.41) is 0.866. The molecule has 1 saturated heterocycles. The Hall–Kier alpha value is -0.610. The monoisotopic (exact) mass is 260 g/mol. The number of hydrogen-bond acceptors (Lipinski definition) is 3. The highest BCUT2D eigenvalue weighted by molar-refractivity contribution is 6.36. The van der Waals surface area contributed by atoms with Crippen molar-refractivity contribution in [2.45, 2.75) is 12.7 Å². The number of carbonyl (C=O) groups excluding carboxylic acids is 1. The molecule has 0 bridgehead atoms. The zero-order chi connectivity index (χ0) is 11.5. The van der Waals surface area contributed by atoms with E-state index in [-0.39, 0.29) is 12.2 Å². The molecule has 0 amide bonds. The van der Waals surface area contributed by atoms with Crippen LogP contribution in [0.25, 0.3) is 0 Å². The molecule has 0 radical (unpaired) electrons. The van der Waals surface area contributed by atoms with Gasteiger partial charge in [-0.1, -0.05) is 23.2 Å². The van der Waals surface area contributed by atoms with Gasteiger partial charge in [-0.25, -0.2) is 0 Å². The van der Waals surface area contributed by atoms with Gasteiger partial charge in [-0.2, -0.15) is 0 Å². The van der Waals surface area contributed by atoms with Crippen LogP contribution in [-0.4, -0.2) is 25.3 Å². The van der Waals surface area contributed by atoms with Crippen molar-refractivity contribution in [2.24, 2.45) is 0 Å². The standard InChI is InChI=1S/C11H10Cl2O3/c12-7-1-2-8(9(13)5-7)10(14)6-11-15-3-4-16-11/h1-2,5,11H,3-4,6H2. The smallest absolute Gasteiger partial charge is 0.169 e. The van der Waals surface area contributed by atoms with E-state index in [1.807, 2.05) is 0 Å². The van der Waals surface area contributed by atoms with E-state index in [0.717, 1.165) is 0 Å². The molecule has 2 rings (SSSR count). The Kier molecular flexibility index (Phi) is 3.82. The minimum absolute atomic E-state index is 0.103. The van der Waals surface area contributed by atoms with Gasteiger partial charge in [0.25, 0.3) is 0 Å². The topological polar surface area (TPSA) is 35.5 Å². The molecule has 5 heteroatoms. The molecular weight excluding hydrogens is 251 g/mol. The highest BCUT2D eigenvalue weighted by Crippen LogP contribution is 2.23. The Morgan fingerprint density at radius 3 is 2.62 bits per heavy atom. The summed E-state index contributed by atoms with van der Waals surface area (Å²) in [6, 6.07) is 4.80. The van der Waals surface area contributed by atoms with Crippen LogP contribution in [-0.2, 0) is 9.47 Å². The molecule has 86 valence electrons. The van der Waals surface area contributed by atoms with E-state index in [2.05, 4.69) is 0 Å². The Labute approximate surface area is 103 Å². The summed E-state index contributed by atoms with van der Waals surface area (Å²) in [6.45, 7) is 1.07. The van der Waals surface area contributed by atoms with Crippen LogP contribution in [0.4, 0.5) is 0 Å². The van der Waals surface area contributed by atoms with Crippen LogP contribution in [0.5, 0.6) is 0 Å². The third-order valence-corrected chi connectivity index (χ3v) is 2.82. The summed E-state index contributed by atoms with van der Waals surface area (Å²) in [4.78, 5) is 11.8. The van der Waals surface area contributed by atoms with Crippen LogP contribution in [0.2, 0.25) is 10.0 Å². The lowest BCUT2D eigenvalue weighted by Crippen LogP contribution is -2.14. The van der Waals surface area contributed by atoms with E-state index >= 15 is 0 Å². The van der Waals surface area contributed by atoms with Crippen LogP contribution in [0.3, 0.4) is 0 Å². The highest BCUT2D eigenvalue weighted by atomic mass is 35.5. The molecule has 1 aromatic rings. The molecule has 0 spiro atoms. The third kappa shape index (κ3) is 2.74. The maximum Gasteiger partial charge on any atom is 0.169 e. The number of rotatable bonds is 3. The second-order valence-electron chi connectivity index (χ2n) is 3.42. The molecule has 0 aromatic heterocycles. The molecular formula is C11H10Cl2O3. The van der Waals surface area contributed by atoms with E-state index in [9.17, 15) is 4.79 Å². The van der Waals surface area contributed by atoms with Crippen molar-refractivity contribution in [1.29, 1.82) is 0 Å². The minimum Gasteiger partial charge on any atom is -0.350 e. The minimum atomic E-state index is -0.445. The molecule has 1 fully saturated rings. The average Bonchev–Trinajstić information content (AvgIpc) is 2.70. The number of carbonyl (C=O) groups is 1. The summed E-state index contributed by atoms with van der Waals surface area (Å²) >= 11 is 11.7. The highest BCUT2D eigenvalue weighted by Gasteiger charge is 2.21. The lowest BCUT2D eigenvalue weighted by molar-refractivity contribution is -0.0407. The van der Waals surface area contributed by atoms with Gasteiger partial charge in [-0.05, 0) is 18.2 Å². The molecule has 0 unspecified atom stereocenters. The maximum absolute atomic E-state index is 11.8. The summed E-state index contributed by atoms with van der Waals surface area (Å²) < 4.78 is 10.4. The van der Waals surface area contributed by atoms with Crippen molar-refractivity contribution in [2.75, 3.05) is 13.2 Å². The first-order valence-electron chi connectivity index (χ1n) is 4.88. The fraction of sp³-hybridized carbons (Fsp3) is 0.364. The fourth-order valence-electron chi connectivity index (χ4n) is 1.50. The van der Waals surface area contributed by atoms with Crippen molar-refractivity contribution >= 4 is 29.0 Å². The zero-order valence-electron chi connectivity index (χ0n) is 8.41. The molecule has 1 heterocycles. The van der Waals surface area contributed by atoms with Crippen LogP contribution in [0.1, 0.15) is 16.8 Å². The summed E-state index contributed by atoms with van der Waals surface area (Å²) in [5.41, 5.74) is 0.449. The number of ketones is 1. The van der Waals surface area contributed by atoms with E-state index in [4.69, 9.17) is 32.7 Å². The first kappa shape index (κ1) is 11.9. The largest absolute Gasteiger partial charge is 0.350 e. The lowest BCUT2D eigenvalue weighted by atomic mass is 10.1. The lowest BCUT2D eigenvalue weighted by Gasteiger charge is -2.08. The zero-order valence-corrected chi connectivity index (χ0v) is 9.92. The summed E-state index contributed by atoms with van der Waals surface area (Å²) in [7, 11) is 0. The SMILES string of the molecule is O=C(CC1OCCO1)c1ccc(Cl)cc1Cl. The summed E-state index contributed by atoms with van der Waals surface area (Å²) in [5.74, 6) is -0.103. The molecule has 1 aliphatic heterocycles. The first-order chi connectivity index (χ1) is 7.66. The van der Waals surface area contributed by atoms with Gasteiger partial charge in [0, 0.05) is 10.6 Å². The van der Waals surface area contributed by atoms with Crippen LogP contribution < -0.4 is 0 Å². The Balaban J connectivity index is 2.08. The number of halogens is 2. The normalized spacial score (nSPS) is 16.6. The van der Waals surface area contributed by atoms with E-state index in [1.165, 1.54) is 0 Å².